The van der Waals surface area contributed by atoms with Crippen molar-refractivity contribution in [3.8, 4) is 0 Å². The van der Waals surface area contributed by atoms with E-state index in [0.29, 0.717) is 6.04 Å². The SMILES string of the molecule is CCN(CC)C1CCN(C2CCC2CNC(C)C)C1. The van der Waals surface area contributed by atoms with E-state index in [9.17, 15) is 0 Å². The molecule has 2 fully saturated rings. The van der Waals surface area contributed by atoms with Crippen molar-refractivity contribution in [2.45, 2.75) is 65.1 Å². The van der Waals surface area contributed by atoms with E-state index in [1.165, 1.54) is 52.0 Å². The fourth-order valence-corrected chi connectivity index (χ4v) is 3.76. The summed E-state index contributed by atoms with van der Waals surface area (Å²) >= 11 is 0. The van der Waals surface area contributed by atoms with Crippen LogP contribution in [0, 0.1) is 5.92 Å². The molecule has 3 unspecified atom stereocenters. The summed E-state index contributed by atoms with van der Waals surface area (Å²) in [6.45, 7) is 15.4. The Morgan fingerprint density at radius 2 is 1.89 bits per heavy atom. The van der Waals surface area contributed by atoms with Gasteiger partial charge in [0.2, 0.25) is 0 Å². The molecule has 3 nitrogen and oxygen atoms in total. The molecule has 2 rings (SSSR count). The molecule has 0 aromatic carbocycles. The Morgan fingerprint density at radius 3 is 2.42 bits per heavy atom. The quantitative estimate of drug-likeness (QED) is 0.763. The van der Waals surface area contributed by atoms with E-state index in [1.807, 2.05) is 0 Å². The molecule has 3 atom stereocenters. The number of hydrogen-bond acceptors (Lipinski definition) is 3. The largest absolute Gasteiger partial charge is 0.314 e. The first-order chi connectivity index (χ1) is 9.15. The topological polar surface area (TPSA) is 18.5 Å². The van der Waals surface area contributed by atoms with Gasteiger partial charge in [0.1, 0.15) is 0 Å². The molecular weight excluding hydrogens is 234 g/mol. The van der Waals surface area contributed by atoms with Gasteiger partial charge >= 0.3 is 0 Å². The average Bonchev–Trinajstić information content (AvgIpc) is 2.78. The summed E-state index contributed by atoms with van der Waals surface area (Å²) in [7, 11) is 0. The van der Waals surface area contributed by atoms with Crippen LogP contribution in [0.25, 0.3) is 0 Å². The third kappa shape index (κ3) is 3.71. The van der Waals surface area contributed by atoms with Crippen LogP contribution in [0.3, 0.4) is 0 Å². The molecule has 19 heavy (non-hydrogen) atoms. The second-order valence-electron chi connectivity index (χ2n) is 6.63. The standard InChI is InChI=1S/C16H33N3/c1-5-18(6-2)15-9-10-19(12-15)16-8-7-14(16)11-17-13(3)4/h13-17H,5-12H2,1-4H3. The lowest BCUT2D eigenvalue weighted by Gasteiger charge is -2.43. The summed E-state index contributed by atoms with van der Waals surface area (Å²) in [5, 5.41) is 3.62. The fraction of sp³-hybridized carbons (Fsp3) is 1.00. The molecule has 0 aromatic heterocycles. The zero-order valence-electron chi connectivity index (χ0n) is 13.4. The predicted molar refractivity (Wildman–Crippen MR) is 82.5 cm³/mol. The smallest absolute Gasteiger partial charge is 0.0235 e. The molecule has 1 heterocycles. The molecule has 1 aliphatic carbocycles. The highest BCUT2D eigenvalue weighted by atomic mass is 15.3. The minimum absolute atomic E-state index is 0.628. The molecule has 0 aromatic rings. The van der Waals surface area contributed by atoms with E-state index < -0.39 is 0 Å². The Kier molecular flexibility index (Phi) is 5.67. The third-order valence-electron chi connectivity index (χ3n) is 5.16. The Morgan fingerprint density at radius 1 is 1.16 bits per heavy atom. The minimum Gasteiger partial charge on any atom is -0.314 e. The summed E-state index contributed by atoms with van der Waals surface area (Å²) in [4.78, 5) is 5.42. The maximum Gasteiger partial charge on any atom is 0.0235 e. The van der Waals surface area contributed by atoms with Gasteiger partial charge in [-0.1, -0.05) is 27.7 Å². The second kappa shape index (κ2) is 7.05. The average molecular weight is 267 g/mol. The number of nitrogens with zero attached hydrogens (tertiary/aromatic N) is 2. The van der Waals surface area contributed by atoms with Crippen LogP contribution < -0.4 is 5.32 Å². The second-order valence-corrected chi connectivity index (χ2v) is 6.63. The Labute approximate surface area is 119 Å². The molecular formula is C16H33N3. The van der Waals surface area contributed by atoms with Crippen LogP contribution in [0.4, 0.5) is 0 Å². The maximum absolute atomic E-state index is 3.62. The molecule has 3 heteroatoms. The van der Waals surface area contributed by atoms with Crippen LogP contribution in [0.5, 0.6) is 0 Å². The molecule has 112 valence electrons. The number of likely N-dealkylation sites (tertiary alicyclic amines) is 1. The summed E-state index contributed by atoms with van der Waals surface area (Å²) in [5.41, 5.74) is 0. The minimum atomic E-state index is 0.628. The van der Waals surface area contributed by atoms with Crippen molar-refractivity contribution >= 4 is 0 Å². The van der Waals surface area contributed by atoms with Crippen LogP contribution in [0.15, 0.2) is 0 Å². The Bertz CT molecular complexity index is 263. The van der Waals surface area contributed by atoms with E-state index in [1.54, 1.807) is 0 Å². The summed E-state index contributed by atoms with van der Waals surface area (Å²) in [6, 6.07) is 2.31. The Hall–Kier alpha value is -0.120. The predicted octanol–water partition coefficient (Wildman–Crippen LogP) is 2.18. The number of likely N-dealkylation sites (N-methyl/N-ethyl adjacent to an activating group) is 1. The van der Waals surface area contributed by atoms with E-state index in [2.05, 4.69) is 42.8 Å². The van der Waals surface area contributed by atoms with Gasteiger partial charge in [-0.3, -0.25) is 9.80 Å². The van der Waals surface area contributed by atoms with Crippen LogP contribution >= 0.6 is 0 Å². The van der Waals surface area contributed by atoms with Gasteiger partial charge in [0.15, 0.2) is 0 Å². The lowest BCUT2D eigenvalue weighted by molar-refractivity contribution is 0.0728. The molecule has 2 aliphatic rings. The lowest BCUT2D eigenvalue weighted by Crippen LogP contribution is -2.51. The summed E-state index contributed by atoms with van der Waals surface area (Å²) < 4.78 is 0. The molecule has 1 saturated carbocycles. The molecule has 0 spiro atoms. The first-order valence-corrected chi connectivity index (χ1v) is 8.37. The highest BCUT2D eigenvalue weighted by Crippen LogP contribution is 2.34. The van der Waals surface area contributed by atoms with Crippen LogP contribution in [0.2, 0.25) is 0 Å². The van der Waals surface area contributed by atoms with Gasteiger partial charge < -0.3 is 5.32 Å². The highest BCUT2D eigenvalue weighted by molar-refractivity contribution is 4.95. The van der Waals surface area contributed by atoms with Crippen molar-refractivity contribution in [3.63, 3.8) is 0 Å². The maximum atomic E-state index is 3.62. The van der Waals surface area contributed by atoms with E-state index in [4.69, 9.17) is 0 Å². The van der Waals surface area contributed by atoms with Crippen LogP contribution in [-0.2, 0) is 0 Å². The fourth-order valence-electron chi connectivity index (χ4n) is 3.76. The van der Waals surface area contributed by atoms with Gasteiger partial charge in [-0.2, -0.15) is 0 Å². The van der Waals surface area contributed by atoms with Crippen molar-refractivity contribution in [1.82, 2.24) is 15.1 Å². The zero-order valence-corrected chi connectivity index (χ0v) is 13.4. The highest BCUT2D eigenvalue weighted by Gasteiger charge is 2.39. The van der Waals surface area contributed by atoms with Crippen molar-refractivity contribution in [1.29, 1.82) is 0 Å². The van der Waals surface area contributed by atoms with Crippen molar-refractivity contribution < 1.29 is 0 Å². The molecule has 1 N–H and O–H groups in total. The van der Waals surface area contributed by atoms with Crippen LogP contribution in [-0.4, -0.2) is 60.6 Å². The monoisotopic (exact) mass is 267 g/mol. The summed E-state index contributed by atoms with van der Waals surface area (Å²) in [5.74, 6) is 0.901. The number of hydrogen-bond donors (Lipinski definition) is 1. The van der Waals surface area contributed by atoms with Crippen LogP contribution in [0.1, 0.15) is 47.0 Å². The number of rotatable bonds is 7. The van der Waals surface area contributed by atoms with E-state index >= 15 is 0 Å². The van der Waals surface area contributed by atoms with Gasteiger partial charge in [-0.05, 0) is 44.8 Å². The zero-order chi connectivity index (χ0) is 13.8. The van der Waals surface area contributed by atoms with Gasteiger partial charge in [0.05, 0.1) is 0 Å². The number of nitrogens with one attached hydrogen (secondary N) is 1. The third-order valence-corrected chi connectivity index (χ3v) is 5.16. The molecule has 0 bridgehead atoms. The van der Waals surface area contributed by atoms with Crippen molar-refractivity contribution in [2.75, 3.05) is 32.7 Å². The van der Waals surface area contributed by atoms with Crippen molar-refractivity contribution in [2.24, 2.45) is 5.92 Å². The van der Waals surface area contributed by atoms with Gasteiger partial charge in [-0.25, -0.2) is 0 Å². The normalized spacial score (nSPS) is 32.2. The molecule has 0 amide bonds. The molecule has 1 saturated heterocycles. The van der Waals surface area contributed by atoms with Crippen molar-refractivity contribution in [3.05, 3.63) is 0 Å². The van der Waals surface area contributed by atoms with E-state index in [-0.39, 0.29) is 0 Å². The molecule has 1 aliphatic heterocycles. The summed E-state index contributed by atoms with van der Waals surface area (Å²) in [6.07, 6.45) is 4.23. The lowest BCUT2D eigenvalue weighted by atomic mass is 9.78. The first kappa shape index (κ1) is 15.3. The first-order valence-electron chi connectivity index (χ1n) is 8.37. The molecule has 0 radical (unpaired) electrons. The Balaban J connectivity index is 1.77. The van der Waals surface area contributed by atoms with Gasteiger partial charge in [0.25, 0.3) is 0 Å². The van der Waals surface area contributed by atoms with Gasteiger partial charge in [-0.15, -0.1) is 0 Å². The van der Waals surface area contributed by atoms with E-state index in [0.717, 1.165) is 18.0 Å². The van der Waals surface area contributed by atoms with Gasteiger partial charge in [0, 0.05) is 31.2 Å².